The Bertz CT molecular complexity index is 792. The first kappa shape index (κ1) is 18.2. The van der Waals surface area contributed by atoms with Crippen molar-refractivity contribution in [2.45, 2.75) is 25.3 Å². The zero-order valence-electron chi connectivity index (χ0n) is 13.0. The van der Waals surface area contributed by atoms with Crippen LogP contribution in [0.1, 0.15) is 30.2 Å². The summed E-state index contributed by atoms with van der Waals surface area (Å²) < 4.78 is 27.6. The van der Waals surface area contributed by atoms with Crippen LogP contribution in [0.2, 0.25) is 10.0 Å². The van der Waals surface area contributed by atoms with Gasteiger partial charge in [0.25, 0.3) is 0 Å². The lowest BCUT2D eigenvalue weighted by atomic mass is 10.1. The van der Waals surface area contributed by atoms with Crippen LogP contribution in [-0.4, -0.2) is 36.8 Å². The van der Waals surface area contributed by atoms with Crippen molar-refractivity contribution in [3.63, 3.8) is 0 Å². The van der Waals surface area contributed by atoms with Crippen molar-refractivity contribution in [2.24, 2.45) is 0 Å². The lowest BCUT2D eigenvalue weighted by Gasteiger charge is -2.24. The Morgan fingerprint density at radius 1 is 1.35 bits per heavy atom. The third-order valence-electron chi connectivity index (χ3n) is 3.36. The van der Waals surface area contributed by atoms with Crippen LogP contribution in [0.3, 0.4) is 0 Å². The minimum atomic E-state index is -3.19. The van der Waals surface area contributed by atoms with E-state index in [2.05, 4.69) is 10.1 Å². The molecule has 1 heterocycles. The van der Waals surface area contributed by atoms with E-state index in [0.717, 1.165) is 11.8 Å². The Morgan fingerprint density at radius 2 is 2.04 bits per heavy atom. The van der Waals surface area contributed by atoms with Crippen LogP contribution in [0.25, 0.3) is 0 Å². The molecule has 0 N–H and O–H groups in total. The van der Waals surface area contributed by atoms with Crippen molar-refractivity contribution in [3.05, 3.63) is 45.5 Å². The molecule has 1 unspecified atom stereocenters. The van der Waals surface area contributed by atoms with E-state index in [4.69, 9.17) is 27.7 Å². The maximum atomic E-state index is 11.2. The first-order chi connectivity index (χ1) is 10.7. The lowest BCUT2D eigenvalue weighted by molar-refractivity contribution is 0.216. The van der Waals surface area contributed by atoms with Gasteiger partial charge in [0, 0.05) is 22.3 Å². The quantitative estimate of drug-likeness (QED) is 0.769. The molecule has 1 aromatic carbocycles. The Balaban J connectivity index is 2.08. The molecule has 0 aliphatic heterocycles. The molecule has 0 amide bonds. The molecule has 23 heavy (non-hydrogen) atoms. The number of benzene rings is 1. The summed E-state index contributed by atoms with van der Waals surface area (Å²) in [5.41, 5.74) is 0.925. The monoisotopic (exact) mass is 377 g/mol. The molecular formula is C14H17Cl2N3O3S. The van der Waals surface area contributed by atoms with Gasteiger partial charge in [0.1, 0.15) is 5.75 Å². The van der Waals surface area contributed by atoms with Crippen molar-refractivity contribution in [1.82, 2.24) is 15.0 Å². The van der Waals surface area contributed by atoms with Gasteiger partial charge < -0.3 is 4.52 Å². The summed E-state index contributed by atoms with van der Waals surface area (Å²) in [6.07, 6.45) is 1.12. The van der Waals surface area contributed by atoms with Crippen LogP contribution in [0.5, 0.6) is 0 Å². The minimum Gasteiger partial charge on any atom is -0.338 e. The fourth-order valence-corrected chi connectivity index (χ4v) is 3.23. The predicted molar refractivity (Wildman–Crippen MR) is 89.2 cm³/mol. The standard InChI is InChI=1S/C14H17Cl2N3O3S/c1-9(11-5-4-10(15)6-12(11)16)19(2)7-14-17-13(18-22-14)8-23(3,20)21/h4-6,9H,7-8H2,1-3H3. The highest BCUT2D eigenvalue weighted by Crippen LogP contribution is 2.29. The molecule has 0 aliphatic rings. The number of sulfone groups is 1. The number of hydrogen-bond acceptors (Lipinski definition) is 6. The molecule has 0 fully saturated rings. The van der Waals surface area contributed by atoms with E-state index in [1.54, 1.807) is 12.1 Å². The molecule has 6 nitrogen and oxygen atoms in total. The molecule has 0 aliphatic carbocycles. The van der Waals surface area contributed by atoms with Crippen molar-refractivity contribution < 1.29 is 12.9 Å². The topological polar surface area (TPSA) is 76.3 Å². The van der Waals surface area contributed by atoms with Gasteiger partial charge >= 0.3 is 0 Å². The van der Waals surface area contributed by atoms with Gasteiger partial charge in [0.05, 0.1) is 6.54 Å². The molecule has 1 aromatic heterocycles. The first-order valence-electron chi connectivity index (χ1n) is 6.80. The molecule has 9 heteroatoms. The summed E-state index contributed by atoms with van der Waals surface area (Å²) >= 11 is 12.1. The SMILES string of the molecule is CC(c1ccc(Cl)cc1Cl)N(C)Cc1nc(CS(C)(=O)=O)no1. The molecule has 0 bridgehead atoms. The second kappa shape index (κ2) is 7.17. The lowest BCUT2D eigenvalue weighted by Crippen LogP contribution is -2.22. The van der Waals surface area contributed by atoms with Crippen LogP contribution >= 0.6 is 23.2 Å². The molecule has 0 radical (unpaired) electrons. The zero-order valence-corrected chi connectivity index (χ0v) is 15.3. The Hall–Kier alpha value is -1.15. The van der Waals surface area contributed by atoms with Gasteiger partial charge in [-0.25, -0.2) is 8.42 Å². The normalized spacial score (nSPS) is 13.5. The second-order valence-corrected chi connectivity index (χ2v) is 8.42. The van der Waals surface area contributed by atoms with E-state index >= 15 is 0 Å². The molecule has 0 spiro atoms. The van der Waals surface area contributed by atoms with Gasteiger partial charge in [-0.3, -0.25) is 4.90 Å². The van der Waals surface area contributed by atoms with Crippen LogP contribution in [0.15, 0.2) is 22.7 Å². The molecule has 0 saturated heterocycles. The summed E-state index contributed by atoms with van der Waals surface area (Å²) in [4.78, 5) is 6.06. The average molecular weight is 378 g/mol. The highest BCUT2D eigenvalue weighted by molar-refractivity contribution is 7.89. The third-order valence-corrected chi connectivity index (χ3v) is 4.70. The van der Waals surface area contributed by atoms with Crippen LogP contribution in [-0.2, 0) is 22.1 Å². The number of halogens is 2. The summed E-state index contributed by atoms with van der Waals surface area (Å²) in [7, 11) is -1.30. The first-order valence-corrected chi connectivity index (χ1v) is 9.61. The molecule has 126 valence electrons. The molecule has 2 rings (SSSR count). The maximum Gasteiger partial charge on any atom is 0.240 e. The molecule has 1 atom stereocenters. The van der Waals surface area contributed by atoms with E-state index in [1.165, 1.54) is 0 Å². The fraction of sp³-hybridized carbons (Fsp3) is 0.429. The number of hydrogen-bond donors (Lipinski definition) is 0. The third kappa shape index (κ3) is 5.17. The maximum absolute atomic E-state index is 11.2. The predicted octanol–water partition coefficient (Wildman–Crippen LogP) is 3.11. The van der Waals surface area contributed by atoms with E-state index in [1.807, 2.05) is 24.9 Å². The van der Waals surface area contributed by atoms with Crippen molar-refractivity contribution in [2.75, 3.05) is 13.3 Å². The van der Waals surface area contributed by atoms with E-state index < -0.39 is 9.84 Å². The van der Waals surface area contributed by atoms with Gasteiger partial charge in [-0.15, -0.1) is 0 Å². The van der Waals surface area contributed by atoms with Crippen LogP contribution < -0.4 is 0 Å². The summed E-state index contributed by atoms with van der Waals surface area (Å²) in [6, 6.07) is 5.34. The highest BCUT2D eigenvalue weighted by atomic mass is 35.5. The summed E-state index contributed by atoms with van der Waals surface area (Å²) in [6.45, 7) is 2.36. The number of rotatable bonds is 6. The van der Waals surface area contributed by atoms with Crippen molar-refractivity contribution >= 4 is 33.0 Å². The largest absolute Gasteiger partial charge is 0.338 e. The second-order valence-electron chi connectivity index (χ2n) is 5.43. The Kier molecular flexibility index (Phi) is 5.67. The summed E-state index contributed by atoms with van der Waals surface area (Å²) in [5, 5.41) is 4.84. The van der Waals surface area contributed by atoms with Gasteiger partial charge in [-0.2, -0.15) is 4.98 Å². The highest BCUT2D eigenvalue weighted by Gasteiger charge is 2.19. The Labute approximate surface area is 145 Å². The van der Waals surface area contributed by atoms with Gasteiger partial charge in [-0.05, 0) is 31.7 Å². The average Bonchev–Trinajstić information content (AvgIpc) is 2.82. The summed E-state index contributed by atoms with van der Waals surface area (Å²) in [5.74, 6) is 0.273. The van der Waals surface area contributed by atoms with E-state index in [9.17, 15) is 8.42 Å². The Morgan fingerprint density at radius 3 is 2.65 bits per heavy atom. The van der Waals surface area contributed by atoms with Gasteiger partial charge in [0.2, 0.25) is 5.89 Å². The minimum absolute atomic E-state index is 0.00924. The van der Waals surface area contributed by atoms with E-state index in [0.29, 0.717) is 22.5 Å². The molecule has 0 saturated carbocycles. The van der Waals surface area contributed by atoms with Gasteiger partial charge in [-0.1, -0.05) is 34.4 Å². The van der Waals surface area contributed by atoms with E-state index in [-0.39, 0.29) is 17.6 Å². The van der Waals surface area contributed by atoms with Crippen molar-refractivity contribution in [1.29, 1.82) is 0 Å². The number of aromatic nitrogens is 2. The van der Waals surface area contributed by atoms with Crippen molar-refractivity contribution in [3.8, 4) is 0 Å². The number of nitrogens with zero attached hydrogens (tertiary/aromatic N) is 3. The fourth-order valence-electron chi connectivity index (χ4n) is 2.08. The molecule has 2 aromatic rings. The smallest absolute Gasteiger partial charge is 0.240 e. The van der Waals surface area contributed by atoms with Crippen LogP contribution in [0.4, 0.5) is 0 Å². The van der Waals surface area contributed by atoms with Crippen LogP contribution in [0, 0.1) is 0 Å². The van der Waals surface area contributed by atoms with Gasteiger partial charge in [0.15, 0.2) is 15.7 Å². The zero-order chi connectivity index (χ0) is 17.2. The molecular weight excluding hydrogens is 361 g/mol.